The van der Waals surface area contributed by atoms with Crippen LogP contribution in [-0.4, -0.2) is 33.5 Å². The molecular weight excluding hydrogens is 302 g/mol. The lowest BCUT2D eigenvalue weighted by atomic mass is 10.0. The number of amides is 1. The van der Waals surface area contributed by atoms with Gasteiger partial charge < -0.3 is 9.42 Å². The number of rotatable bonds is 5. The monoisotopic (exact) mass is 327 g/mol. The SMILES string of the molecule is Cc1onc(C(C)C)c1C(=O)N1CCC[C@@H]1CCc1ccncc1. The van der Waals surface area contributed by atoms with Gasteiger partial charge in [0.05, 0.1) is 5.69 Å². The van der Waals surface area contributed by atoms with Crippen molar-refractivity contribution in [2.24, 2.45) is 0 Å². The van der Waals surface area contributed by atoms with E-state index >= 15 is 0 Å². The van der Waals surface area contributed by atoms with Gasteiger partial charge in [-0.05, 0) is 56.2 Å². The van der Waals surface area contributed by atoms with E-state index in [1.165, 1.54) is 5.56 Å². The molecule has 2 aromatic heterocycles. The van der Waals surface area contributed by atoms with Gasteiger partial charge in [0.15, 0.2) is 0 Å². The maximum Gasteiger partial charge on any atom is 0.259 e. The molecule has 128 valence electrons. The van der Waals surface area contributed by atoms with Gasteiger partial charge in [-0.2, -0.15) is 0 Å². The molecule has 0 unspecified atom stereocenters. The molecule has 0 spiro atoms. The largest absolute Gasteiger partial charge is 0.361 e. The summed E-state index contributed by atoms with van der Waals surface area (Å²) in [5.41, 5.74) is 2.71. The fourth-order valence-electron chi connectivity index (χ4n) is 3.47. The van der Waals surface area contributed by atoms with E-state index in [9.17, 15) is 4.79 Å². The van der Waals surface area contributed by atoms with Gasteiger partial charge in [-0.1, -0.05) is 19.0 Å². The van der Waals surface area contributed by atoms with Gasteiger partial charge in [-0.3, -0.25) is 9.78 Å². The smallest absolute Gasteiger partial charge is 0.259 e. The van der Waals surface area contributed by atoms with E-state index in [1.807, 2.05) is 50.2 Å². The summed E-state index contributed by atoms with van der Waals surface area (Å²) in [5, 5.41) is 4.10. The maximum absolute atomic E-state index is 13.1. The third kappa shape index (κ3) is 3.35. The number of hydrogen-bond donors (Lipinski definition) is 0. The van der Waals surface area contributed by atoms with Crippen LogP contribution in [-0.2, 0) is 6.42 Å². The average molecular weight is 327 g/mol. The van der Waals surface area contributed by atoms with Crippen LogP contribution in [0.2, 0.25) is 0 Å². The highest BCUT2D eigenvalue weighted by Crippen LogP contribution is 2.28. The Balaban J connectivity index is 1.73. The maximum atomic E-state index is 13.1. The van der Waals surface area contributed by atoms with Crippen molar-refractivity contribution in [3.63, 3.8) is 0 Å². The van der Waals surface area contributed by atoms with Crippen LogP contribution in [0, 0.1) is 6.92 Å². The van der Waals surface area contributed by atoms with E-state index in [2.05, 4.69) is 10.1 Å². The summed E-state index contributed by atoms with van der Waals surface area (Å²) in [6, 6.07) is 4.38. The zero-order valence-electron chi connectivity index (χ0n) is 14.7. The molecule has 5 heteroatoms. The van der Waals surface area contributed by atoms with E-state index in [4.69, 9.17) is 4.52 Å². The van der Waals surface area contributed by atoms with Crippen LogP contribution in [0.5, 0.6) is 0 Å². The highest BCUT2D eigenvalue weighted by atomic mass is 16.5. The molecule has 3 heterocycles. The van der Waals surface area contributed by atoms with Crippen LogP contribution in [0.15, 0.2) is 29.0 Å². The Labute approximate surface area is 143 Å². The number of hydrogen-bond acceptors (Lipinski definition) is 4. The van der Waals surface area contributed by atoms with Gasteiger partial charge in [0.2, 0.25) is 0 Å². The summed E-state index contributed by atoms with van der Waals surface area (Å²) in [5.74, 6) is 0.887. The van der Waals surface area contributed by atoms with E-state index in [0.29, 0.717) is 17.4 Å². The lowest BCUT2D eigenvalue weighted by molar-refractivity contribution is 0.0727. The molecule has 3 rings (SSSR count). The molecule has 0 aromatic carbocycles. The van der Waals surface area contributed by atoms with Crippen molar-refractivity contribution in [2.75, 3.05) is 6.54 Å². The van der Waals surface area contributed by atoms with Gasteiger partial charge in [0, 0.05) is 25.0 Å². The molecule has 24 heavy (non-hydrogen) atoms. The molecule has 0 saturated carbocycles. The third-order valence-corrected chi connectivity index (χ3v) is 4.80. The number of likely N-dealkylation sites (tertiary alicyclic amines) is 1. The number of pyridine rings is 1. The van der Waals surface area contributed by atoms with Crippen molar-refractivity contribution in [1.82, 2.24) is 15.0 Å². The Morgan fingerprint density at radius 2 is 2.12 bits per heavy atom. The lowest BCUT2D eigenvalue weighted by Crippen LogP contribution is -2.36. The lowest BCUT2D eigenvalue weighted by Gasteiger charge is -2.25. The first kappa shape index (κ1) is 16.7. The zero-order valence-corrected chi connectivity index (χ0v) is 14.7. The summed E-state index contributed by atoms with van der Waals surface area (Å²) >= 11 is 0. The molecule has 1 saturated heterocycles. The minimum absolute atomic E-state index is 0.0784. The molecule has 1 fully saturated rings. The van der Waals surface area contributed by atoms with Gasteiger partial charge in [0.25, 0.3) is 5.91 Å². The summed E-state index contributed by atoms with van der Waals surface area (Å²) in [6.07, 6.45) is 7.73. The standard InChI is InChI=1S/C19H25N3O2/c1-13(2)18-17(14(3)24-21-18)19(23)22-12-4-5-16(22)7-6-15-8-10-20-11-9-15/h8-11,13,16H,4-7,12H2,1-3H3/t16-/m1/s1. The molecule has 1 atom stereocenters. The van der Waals surface area contributed by atoms with Crippen molar-refractivity contribution in [2.45, 2.75) is 58.4 Å². The fraction of sp³-hybridized carbons (Fsp3) is 0.526. The molecule has 5 nitrogen and oxygen atoms in total. The van der Waals surface area contributed by atoms with Gasteiger partial charge >= 0.3 is 0 Å². The molecule has 0 bridgehead atoms. The summed E-state index contributed by atoms with van der Waals surface area (Å²) < 4.78 is 5.30. The summed E-state index contributed by atoms with van der Waals surface area (Å²) in [4.78, 5) is 19.2. The van der Waals surface area contributed by atoms with Crippen molar-refractivity contribution >= 4 is 5.91 Å². The quantitative estimate of drug-likeness (QED) is 0.839. The number of nitrogens with zero attached hydrogens (tertiary/aromatic N) is 3. The van der Waals surface area contributed by atoms with Crippen molar-refractivity contribution in [3.8, 4) is 0 Å². The number of carbonyl (C=O) groups is 1. The third-order valence-electron chi connectivity index (χ3n) is 4.80. The predicted molar refractivity (Wildman–Crippen MR) is 91.9 cm³/mol. The predicted octanol–water partition coefficient (Wildman–Crippen LogP) is 3.74. The second-order valence-corrected chi connectivity index (χ2v) is 6.84. The second kappa shape index (κ2) is 7.16. The van der Waals surface area contributed by atoms with Crippen molar-refractivity contribution in [1.29, 1.82) is 0 Å². The Morgan fingerprint density at radius 1 is 1.38 bits per heavy atom. The normalized spacial score (nSPS) is 17.7. The topological polar surface area (TPSA) is 59.2 Å². The molecule has 0 aliphatic carbocycles. The molecule has 0 radical (unpaired) electrons. The van der Waals surface area contributed by atoms with Crippen LogP contribution < -0.4 is 0 Å². The molecular formula is C19H25N3O2. The minimum Gasteiger partial charge on any atom is -0.361 e. The van der Waals surface area contributed by atoms with Crippen molar-refractivity contribution in [3.05, 3.63) is 47.1 Å². The Morgan fingerprint density at radius 3 is 2.83 bits per heavy atom. The number of aromatic nitrogens is 2. The first-order valence-corrected chi connectivity index (χ1v) is 8.74. The number of carbonyl (C=O) groups excluding carboxylic acids is 1. The second-order valence-electron chi connectivity index (χ2n) is 6.84. The zero-order chi connectivity index (χ0) is 17.1. The Bertz CT molecular complexity index is 694. The summed E-state index contributed by atoms with van der Waals surface area (Å²) in [6.45, 7) is 6.73. The fourth-order valence-corrected chi connectivity index (χ4v) is 3.47. The first-order chi connectivity index (χ1) is 11.6. The van der Waals surface area contributed by atoms with Crippen LogP contribution in [0.3, 0.4) is 0 Å². The van der Waals surface area contributed by atoms with E-state index in [1.54, 1.807) is 0 Å². The Hall–Kier alpha value is -2.17. The van der Waals surface area contributed by atoms with Crippen molar-refractivity contribution < 1.29 is 9.32 Å². The van der Waals surface area contributed by atoms with E-state index in [-0.39, 0.29) is 11.8 Å². The molecule has 2 aromatic rings. The minimum atomic E-state index is 0.0784. The first-order valence-electron chi connectivity index (χ1n) is 8.74. The number of aryl methyl sites for hydroxylation is 2. The molecule has 1 aliphatic rings. The van der Waals surface area contributed by atoms with E-state index < -0.39 is 0 Å². The van der Waals surface area contributed by atoms with Gasteiger partial charge in [0.1, 0.15) is 11.3 Å². The van der Waals surface area contributed by atoms with Crippen LogP contribution >= 0.6 is 0 Å². The van der Waals surface area contributed by atoms with Crippen LogP contribution in [0.1, 0.15) is 66.4 Å². The van der Waals surface area contributed by atoms with E-state index in [0.717, 1.165) is 37.9 Å². The highest BCUT2D eigenvalue weighted by Gasteiger charge is 2.33. The molecule has 1 aliphatic heterocycles. The van der Waals surface area contributed by atoms with Crippen LogP contribution in [0.25, 0.3) is 0 Å². The van der Waals surface area contributed by atoms with Gasteiger partial charge in [-0.25, -0.2) is 0 Å². The summed E-state index contributed by atoms with van der Waals surface area (Å²) in [7, 11) is 0. The molecule has 1 amide bonds. The highest BCUT2D eigenvalue weighted by molar-refractivity contribution is 5.96. The average Bonchev–Trinajstić information content (AvgIpc) is 3.19. The Kier molecular flexibility index (Phi) is 4.97. The molecule has 0 N–H and O–H groups in total. The van der Waals surface area contributed by atoms with Gasteiger partial charge in [-0.15, -0.1) is 0 Å². The van der Waals surface area contributed by atoms with Crippen LogP contribution in [0.4, 0.5) is 0 Å².